The number of halogens is 1. The first kappa shape index (κ1) is 12.4. The van der Waals surface area contributed by atoms with Gasteiger partial charge < -0.3 is 4.74 Å². The van der Waals surface area contributed by atoms with Crippen LogP contribution in [0.4, 0.5) is 4.39 Å². The van der Waals surface area contributed by atoms with Gasteiger partial charge in [0.25, 0.3) is 0 Å². The molecule has 4 rings (SSSR count). The van der Waals surface area contributed by atoms with Crippen LogP contribution in [0.25, 0.3) is 0 Å². The summed E-state index contributed by atoms with van der Waals surface area (Å²) in [7, 11) is 0. The summed E-state index contributed by atoms with van der Waals surface area (Å²) in [5.74, 6) is 2.05. The van der Waals surface area contributed by atoms with E-state index in [1.165, 1.54) is 33.1 Å². The number of hydrogen-bond donors (Lipinski definition) is 0. The molecular formula is C15H23FO2. The van der Waals surface area contributed by atoms with Crippen molar-refractivity contribution >= 4 is 5.97 Å². The van der Waals surface area contributed by atoms with Gasteiger partial charge in [-0.15, -0.1) is 0 Å². The monoisotopic (exact) mass is 254 g/mol. The Balaban J connectivity index is 1.69. The van der Waals surface area contributed by atoms with Gasteiger partial charge in [0.1, 0.15) is 12.3 Å². The summed E-state index contributed by atoms with van der Waals surface area (Å²) in [5, 5.41) is 0. The minimum absolute atomic E-state index is 0.104. The van der Waals surface area contributed by atoms with Crippen molar-refractivity contribution in [2.45, 2.75) is 58.0 Å². The summed E-state index contributed by atoms with van der Waals surface area (Å²) >= 11 is 0. The molecule has 0 unspecified atom stereocenters. The molecule has 0 spiro atoms. The average molecular weight is 254 g/mol. The van der Waals surface area contributed by atoms with Crippen molar-refractivity contribution < 1.29 is 13.9 Å². The number of carbonyl (C=O) groups excluding carboxylic acids is 1. The molecule has 4 aliphatic carbocycles. The van der Waals surface area contributed by atoms with Gasteiger partial charge in [0.05, 0.1) is 5.41 Å². The predicted molar refractivity (Wildman–Crippen MR) is 66.8 cm³/mol. The molecule has 0 aromatic heterocycles. The number of rotatable bonds is 3. The van der Waals surface area contributed by atoms with Gasteiger partial charge in [-0.1, -0.05) is 0 Å². The van der Waals surface area contributed by atoms with E-state index in [1.54, 1.807) is 0 Å². The van der Waals surface area contributed by atoms with Crippen molar-refractivity contribution in [2.24, 2.45) is 23.2 Å². The summed E-state index contributed by atoms with van der Waals surface area (Å²) in [6.45, 7) is 2.81. The van der Waals surface area contributed by atoms with Crippen LogP contribution in [-0.2, 0) is 9.53 Å². The maximum Gasteiger partial charge on any atom is 0.312 e. The van der Waals surface area contributed by atoms with Crippen molar-refractivity contribution in [3.8, 4) is 0 Å². The first-order valence-corrected chi connectivity index (χ1v) is 7.22. The van der Waals surface area contributed by atoms with Crippen LogP contribution in [0.2, 0.25) is 0 Å². The zero-order valence-corrected chi connectivity index (χ0v) is 11.4. The first-order chi connectivity index (χ1) is 8.36. The molecule has 2 nitrogen and oxygen atoms in total. The molecule has 0 N–H and O–H groups in total. The maximum absolute atomic E-state index is 13.4. The van der Waals surface area contributed by atoms with E-state index in [4.69, 9.17) is 4.74 Å². The highest BCUT2D eigenvalue weighted by Crippen LogP contribution is 2.60. The lowest BCUT2D eigenvalue weighted by atomic mass is 9.49. The Labute approximate surface area is 108 Å². The zero-order chi connectivity index (χ0) is 13.0. The SMILES string of the molecule is CC(C)(F)COC(=O)C12CC3CC(CC(C3)C1)C2. The highest BCUT2D eigenvalue weighted by Gasteiger charge is 2.55. The van der Waals surface area contributed by atoms with Crippen LogP contribution >= 0.6 is 0 Å². The van der Waals surface area contributed by atoms with Gasteiger partial charge in [-0.2, -0.15) is 0 Å². The fourth-order valence-corrected chi connectivity index (χ4v) is 4.75. The minimum Gasteiger partial charge on any atom is -0.462 e. The molecule has 0 saturated heterocycles. The van der Waals surface area contributed by atoms with Gasteiger partial charge in [-0.3, -0.25) is 4.79 Å². The van der Waals surface area contributed by atoms with Gasteiger partial charge >= 0.3 is 5.97 Å². The van der Waals surface area contributed by atoms with E-state index in [9.17, 15) is 9.18 Å². The molecule has 0 heterocycles. The topological polar surface area (TPSA) is 26.3 Å². The Kier molecular flexibility index (Phi) is 2.73. The van der Waals surface area contributed by atoms with Gasteiger partial charge in [-0.05, 0) is 70.1 Å². The number of carbonyl (C=O) groups is 1. The van der Waals surface area contributed by atoms with Crippen molar-refractivity contribution in [3.05, 3.63) is 0 Å². The van der Waals surface area contributed by atoms with E-state index in [1.807, 2.05) is 0 Å². The van der Waals surface area contributed by atoms with Crippen molar-refractivity contribution in [1.29, 1.82) is 0 Å². The number of alkyl halides is 1. The lowest BCUT2D eigenvalue weighted by Crippen LogP contribution is -2.51. The zero-order valence-electron chi connectivity index (χ0n) is 11.4. The molecule has 4 aliphatic rings. The summed E-state index contributed by atoms with van der Waals surface area (Å²) < 4.78 is 18.7. The van der Waals surface area contributed by atoms with Crippen molar-refractivity contribution in [3.63, 3.8) is 0 Å². The summed E-state index contributed by atoms with van der Waals surface area (Å²) in [5.41, 5.74) is -1.67. The number of ether oxygens (including phenoxy) is 1. The standard InChI is InChI=1S/C15H23FO2/c1-14(2,16)9-18-13(17)15-6-10-3-11(7-15)5-12(4-10)8-15/h10-12H,3-9H2,1-2H3. The quantitative estimate of drug-likeness (QED) is 0.721. The smallest absolute Gasteiger partial charge is 0.312 e. The summed E-state index contributed by atoms with van der Waals surface area (Å²) in [4.78, 5) is 12.4. The Hall–Kier alpha value is -0.600. The van der Waals surface area contributed by atoms with E-state index in [0.717, 1.165) is 37.0 Å². The molecule has 102 valence electrons. The van der Waals surface area contributed by atoms with E-state index in [0.29, 0.717) is 0 Å². The highest BCUT2D eigenvalue weighted by atomic mass is 19.1. The third-order valence-corrected chi connectivity index (χ3v) is 5.02. The van der Waals surface area contributed by atoms with Crippen LogP contribution in [0, 0.1) is 23.2 Å². The number of esters is 1. The third-order valence-electron chi connectivity index (χ3n) is 5.02. The van der Waals surface area contributed by atoms with Crippen LogP contribution in [-0.4, -0.2) is 18.2 Å². The van der Waals surface area contributed by atoms with Gasteiger partial charge in [0.2, 0.25) is 0 Å². The summed E-state index contributed by atoms with van der Waals surface area (Å²) in [6.07, 6.45) is 6.89. The van der Waals surface area contributed by atoms with Gasteiger partial charge in [0.15, 0.2) is 0 Å². The molecule has 0 amide bonds. The van der Waals surface area contributed by atoms with Crippen molar-refractivity contribution in [2.75, 3.05) is 6.61 Å². The second kappa shape index (κ2) is 3.94. The van der Waals surface area contributed by atoms with E-state index in [-0.39, 0.29) is 18.0 Å². The van der Waals surface area contributed by atoms with Crippen LogP contribution in [0.3, 0.4) is 0 Å². The van der Waals surface area contributed by atoms with Crippen molar-refractivity contribution in [1.82, 2.24) is 0 Å². The normalized spacial score (nSPS) is 42.1. The Morgan fingerprint density at radius 2 is 1.61 bits per heavy atom. The Morgan fingerprint density at radius 3 is 2.00 bits per heavy atom. The molecule has 4 bridgehead atoms. The molecular weight excluding hydrogens is 231 g/mol. The fraction of sp³-hybridized carbons (Fsp3) is 0.933. The predicted octanol–water partition coefficient (Wildman–Crippen LogP) is 3.49. The van der Waals surface area contributed by atoms with E-state index < -0.39 is 5.67 Å². The van der Waals surface area contributed by atoms with E-state index >= 15 is 0 Å². The van der Waals surface area contributed by atoms with Gasteiger partial charge in [-0.25, -0.2) is 4.39 Å². The minimum atomic E-state index is -1.42. The first-order valence-electron chi connectivity index (χ1n) is 7.22. The molecule has 18 heavy (non-hydrogen) atoms. The summed E-state index contributed by atoms with van der Waals surface area (Å²) in [6, 6.07) is 0. The molecule has 0 atom stereocenters. The second-order valence-corrected chi connectivity index (χ2v) is 7.49. The van der Waals surface area contributed by atoms with Gasteiger partial charge in [0, 0.05) is 0 Å². The lowest BCUT2D eigenvalue weighted by molar-refractivity contribution is -0.174. The fourth-order valence-electron chi connectivity index (χ4n) is 4.75. The number of hydrogen-bond acceptors (Lipinski definition) is 2. The van der Waals surface area contributed by atoms with Crippen LogP contribution in [0.15, 0.2) is 0 Å². The largest absolute Gasteiger partial charge is 0.462 e. The van der Waals surface area contributed by atoms with E-state index in [2.05, 4.69) is 0 Å². The van der Waals surface area contributed by atoms with Crippen LogP contribution < -0.4 is 0 Å². The molecule has 0 aromatic carbocycles. The Morgan fingerprint density at radius 1 is 1.17 bits per heavy atom. The maximum atomic E-state index is 13.4. The Bertz CT molecular complexity index is 321. The molecule has 0 aromatic rings. The third kappa shape index (κ3) is 2.17. The molecule has 3 heteroatoms. The highest BCUT2D eigenvalue weighted by molar-refractivity contribution is 5.77. The molecule has 4 saturated carbocycles. The average Bonchev–Trinajstić information content (AvgIpc) is 2.22. The lowest BCUT2D eigenvalue weighted by Gasteiger charge is -2.55. The molecule has 4 fully saturated rings. The second-order valence-electron chi connectivity index (χ2n) is 7.49. The van der Waals surface area contributed by atoms with Crippen LogP contribution in [0.5, 0.6) is 0 Å². The molecule has 0 radical (unpaired) electrons. The molecule has 0 aliphatic heterocycles. The van der Waals surface area contributed by atoms with Crippen LogP contribution in [0.1, 0.15) is 52.4 Å².